The maximum Gasteiger partial charge on any atom is 0.340 e. The third-order valence-corrected chi connectivity index (χ3v) is 6.75. The third-order valence-electron chi connectivity index (χ3n) is 6.20. The maximum atomic E-state index is 13.5. The minimum atomic E-state index is -4.32. The van der Waals surface area contributed by atoms with Crippen molar-refractivity contribution >= 4 is 29.1 Å². The molecule has 3 aromatic rings. The summed E-state index contributed by atoms with van der Waals surface area (Å²) in [7, 11) is 0. The Hall–Kier alpha value is -2.93. The molecule has 0 radical (unpaired) electrons. The first-order valence-electron chi connectivity index (χ1n) is 11.3. The molecule has 1 aromatic heterocycles. The lowest BCUT2D eigenvalue weighted by Gasteiger charge is -2.50. The van der Waals surface area contributed by atoms with Gasteiger partial charge in [0, 0.05) is 21.2 Å². The Bertz CT molecular complexity index is 1270. The number of morpholine rings is 1. The lowest BCUT2D eigenvalue weighted by molar-refractivity contribution is -0.255. The number of halogens is 6. The maximum absolute atomic E-state index is 13.5. The highest BCUT2D eigenvalue weighted by atomic mass is 35.5. The van der Waals surface area contributed by atoms with Crippen LogP contribution >= 0.6 is 23.2 Å². The van der Waals surface area contributed by atoms with Gasteiger partial charge in [-0.1, -0.05) is 29.3 Å². The van der Waals surface area contributed by atoms with E-state index in [1.54, 1.807) is 19.1 Å². The van der Waals surface area contributed by atoms with Crippen LogP contribution in [-0.2, 0) is 16.9 Å². The van der Waals surface area contributed by atoms with Gasteiger partial charge in [-0.25, -0.2) is 18.4 Å². The molecule has 0 bridgehead atoms. The number of alkyl halides is 4. The number of carbonyl (C=O) groups excluding carboxylic acids is 1. The SMILES string of the molecule is CC1N(C(=O)c2ccc(OCC(F)(F)C(F)F)cc2)CC(O)OC1(Cn1cncn1)c1ccc(Cl)cc1Cl. The minimum Gasteiger partial charge on any atom is -0.487 e. The molecule has 1 amide bonds. The van der Waals surface area contributed by atoms with Gasteiger partial charge >= 0.3 is 12.3 Å². The molecule has 2 heterocycles. The predicted molar refractivity (Wildman–Crippen MR) is 129 cm³/mol. The number of β-amino-alcohol motifs (C(OH)–C–C–N with tert-alkyl or cyclic N) is 1. The highest BCUT2D eigenvalue weighted by Gasteiger charge is 2.51. The molecule has 0 spiro atoms. The lowest BCUT2D eigenvalue weighted by Crippen LogP contribution is -2.62. The van der Waals surface area contributed by atoms with Crippen LogP contribution in [0, 0.1) is 0 Å². The van der Waals surface area contributed by atoms with Crippen molar-refractivity contribution in [2.75, 3.05) is 13.2 Å². The van der Waals surface area contributed by atoms with Crippen LogP contribution in [-0.4, -0.2) is 68.5 Å². The zero-order chi connectivity index (χ0) is 27.7. The average Bonchev–Trinajstić information content (AvgIpc) is 3.37. The Labute approximate surface area is 224 Å². The average molecular weight is 577 g/mol. The number of hydrogen-bond acceptors (Lipinski definition) is 6. The van der Waals surface area contributed by atoms with E-state index in [2.05, 4.69) is 10.1 Å². The van der Waals surface area contributed by atoms with E-state index >= 15 is 0 Å². The monoisotopic (exact) mass is 576 g/mol. The fraction of sp³-hybridized carbons (Fsp3) is 0.375. The van der Waals surface area contributed by atoms with Gasteiger partial charge in [0.2, 0.25) is 0 Å². The molecule has 1 fully saturated rings. The molecule has 1 aliphatic heterocycles. The molecule has 38 heavy (non-hydrogen) atoms. The van der Waals surface area contributed by atoms with Gasteiger partial charge < -0.3 is 19.5 Å². The number of rotatable bonds is 8. The van der Waals surface area contributed by atoms with Crippen LogP contribution < -0.4 is 4.74 Å². The van der Waals surface area contributed by atoms with E-state index < -0.39 is 42.8 Å². The van der Waals surface area contributed by atoms with E-state index in [1.165, 1.54) is 52.6 Å². The number of benzene rings is 2. The van der Waals surface area contributed by atoms with E-state index in [9.17, 15) is 27.5 Å². The molecule has 4 rings (SSSR count). The van der Waals surface area contributed by atoms with Crippen LogP contribution in [0.4, 0.5) is 17.6 Å². The highest BCUT2D eigenvalue weighted by Crippen LogP contribution is 2.43. The Morgan fingerprint density at radius 2 is 1.97 bits per heavy atom. The smallest absolute Gasteiger partial charge is 0.340 e. The first-order chi connectivity index (χ1) is 17.9. The molecule has 3 unspecified atom stereocenters. The number of amides is 1. The molecule has 204 valence electrons. The van der Waals surface area contributed by atoms with Crippen molar-refractivity contribution in [2.24, 2.45) is 0 Å². The second-order valence-electron chi connectivity index (χ2n) is 8.69. The molecule has 1 saturated heterocycles. The number of nitrogens with zero attached hydrogens (tertiary/aromatic N) is 4. The molecule has 3 atom stereocenters. The standard InChI is InChI=1S/C24H22Cl2F4N4O4/c1-14-23(10-33-13-31-12-32-33,18-7-4-16(25)8-19(18)26)38-20(35)9-34(14)21(36)15-2-5-17(6-3-15)37-11-24(29,30)22(27)28/h2-8,12-14,20,22,35H,9-11H2,1H3. The molecule has 1 aliphatic rings. The Balaban J connectivity index is 1.63. The van der Waals surface area contributed by atoms with Gasteiger partial charge in [-0.3, -0.25) is 4.79 Å². The second kappa shape index (κ2) is 11.0. The molecule has 0 aliphatic carbocycles. The topological polar surface area (TPSA) is 89.7 Å². The quantitative estimate of drug-likeness (QED) is 0.393. The van der Waals surface area contributed by atoms with Gasteiger partial charge in [0.25, 0.3) is 5.91 Å². The van der Waals surface area contributed by atoms with Gasteiger partial charge in [-0.15, -0.1) is 0 Å². The summed E-state index contributed by atoms with van der Waals surface area (Å²) in [6, 6.07) is 9.08. The fourth-order valence-corrected chi connectivity index (χ4v) is 4.82. The highest BCUT2D eigenvalue weighted by molar-refractivity contribution is 6.35. The van der Waals surface area contributed by atoms with Crippen molar-refractivity contribution in [3.05, 3.63) is 76.3 Å². The van der Waals surface area contributed by atoms with Crippen molar-refractivity contribution in [3.8, 4) is 5.75 Å². The van der Waals surface area contributed by atoms with Gasteiger partial charge in [0.15, 0.2) is 12.9 Å². The molecular weight excluding hydrogens is 555 g/mol. The van der Waals surface area contributed by atoms with Crippen LogP contribution in [0.1, 0.15) is 22.8 Å². The zero-order valence-corrected chi connectivity index (χ0v) is 21.3. The Morgan fingerprint density at radius 1 is 1.26 bits per heavy atom. The summed E-state index contributed by atoms with van der Waals surface area (Å²) in [5.41, 5.74) is -0.797. The number of aliphatic hydroxyl groups is 1. The first-order valence-corrected chi connectivity index (χ1v) is 12.0. The van der Waals surface area contributed by atoms with Crippen LogP contribution in [0.15, 0.2) is 55.1 Å². The van der Waals surface area contributed by atoms with Crippen LogP contribution in [0.25, 0.3) is 0 Å². The summed E-state index contributed by atoms with van der Waals surface area (Å²) in [5, 5.41) is 15.5. The zero-order valence-electron chi connectivity index (χ0n) is 19.8. The number of hydrogen-bond donors (Lipinski definition) is 1. The number of aliphatic hydroxyl groups excluding tert-OH is 1. The molecular formula is C24H22Cl2F4N4O4. The fourth-order valence-electron chi connectivity index (χ4n) is 4.25. The van der Waals surface area contributed by atoms with E-state index in [0.29, 0.717) is 10.6 Å². The van der Waals surface area contributed by atoms with Gasteiger partial charge in [0.1, 0.15) is 24.0 Å². The number of carbonyl (C=O) groups is 1. The second-order valence-corrected chi connectivity index (χ2v) is 9.53. The van der Waals surface area contributed by atoms with Crippen molar-refractivity contribution in [2.45, 2.75) is 43.7 Å². The predicted octanol–water partition coefficient (Wildman–Crippen LogP) is 4.64. The van der Waals surface area contributed by atoms with Crippen molar-refractivity contribution in [1.82, 2.24) is 19.7 Å². The van der Waals surface area contributed by atoms with E-state index in [-0.39, 0.29) is 29.4 Å². The summed E-state index contributed by atoms with van der Waals surface area (Å²) in [4.78, 5) is 18.9. The van der Waals surface area contributed by atoms with E-state index in [0.717, 1.165) is 0 Å². The molecule has 14 heteroatoms. The summed E-state index contributed by atoms with van der Waals surface area (Å²) in [6.07, 6.45) is -2.51. The van der Waals surface area contributed by atoms with Gasteiger partial charge in [-0.2, -0.15) is 13.9 Å². The van der Waals surface area contributed by atoms with Crippen LogP contribution in [0.5, 0.6) is 5.75 Å². The van der Waals surface area contributed by atoms with Crippen molar-refractivity contribution in [3.63, 3.8) is 0 Å². The normalized spacial score (nSPS) is 22.1. The third kappa shape index (κ3) is 5.73. The number of ether oxygens (including phenoxy) is 2. The summed E-state index contributed by atoms with van der Waals surface area (Å²) in [5.74, 6) is -4.95. The van der Waals surface area contributed by atoms with Crippen LogP contribution in [0.2, 0.25) is 10.0 Å². The Kier molecular flexibility index (Phi) is 8.17. The minimum absolute atomic E-state index is 0.0293. The molecule has 2 aromatic carbocycles. The molecule has 0 saturated carbocycles. The van der Waals surface area contributed by atoms with Gasteiger partial charge in [-0.05, 0) is 43.3 Å². The lowest BCUT2D eigenvalue weighted by atomic mass is 9.83. The van der Waals surface area contributed by atoms with E-state index in [4.69, 9.17) is 32.7 Å². The van der Waals surface area contributed by atoms with Crippen LogP contribution in [0.3, 0.4) is 0 Å². The first kappa shape index (κ1) is 28.1. The Morgan fingerprint density at radius 3 is 2.58 bits per heavy atom. The summed E-state index contributed by atoms with van der Waals surface area (Å²) in [6.45, 7) is 0.0392. The largest absolute Gasteiger partial charge is 0.487 e. The summed E-state index contributed by atoms with van der Waals surface area (Å²) >= 11 is 12.6. The summed E-state index contributed by atoms with van der Waals surface area (Å²) < 4.78 is 63.4. The molecule has 1 N–H and O–H groups in total. The molecule has 8 nitrogen and oxygen atoms in total. The van der Waals surface area contributed by atoms with Crippen molar-refractivity contribution in [1.29, 1.82) is 0 Å². The van der Waals surface area contributed by atoms with Gasteiger partial charge in [0.05, 0.1) is 19.1 Å². The van der Waals surface area contributed by atoms with E-state index in [1.807, 2.05) is 0 Å². The number of aromatic nitrogens is 3. The van der Waals surface area contributed by atoms with Crippen molar-refractivity contribution < 1.29 is 36.9 Å².